The second-order valence-corrected chi connectivity index (χ2v) is 3.85. The van der Waals surface area contributed by atoms with E-state index in [-0.39, 0.29) is 5.69 Å². The van der Waals surface area contributed by atoms with Crippen LogP contribution < -0.4 is 4.74 Å². The van der Waals surface area contributed by atoms with E-state index in [0.717, 1.165) is 5.56 Å². The van der Waals surface area contributed by atoms with Crippen molar-refractivity contribution in [2.45, 2.75) is 6.61 Å². The number of hydrogen-bond acceptors (Lipinski definition) is 4. The molecule has 5 heteroatoms. The zero-order valence-corrected chi connectivity index (χ0v) is 9.95. The van der Waals surface area contributed by atoms with Crippen LogP contribution in [0.15, 0.2) is 48.5 Å². The van der Waals surface area contributed by atoms with Gasteiger partial charge in [0.2, 0.25) is 0 Å². The summed E-state index contributed by atoms with van der Waals surface area (Å²) in [6.45, 7) is 0.313. The lowest BCUT2D eigenvalue weighted by Crippen LogP contribution is -1.96. The summed E-state index contributed by atoms with van der Waals surface area (Å²) >= 11 is 0. The van der Waals surface area contributed by atoms with Crippen molar-refractivity contribution in [2.24, 2.45) is 0 Å². The molecule has 0 atom stereocenters. The Hall–Kier alpha value is -2.87. The fraction of sp³-hybridized carbons (Fsp3) is 0.0714. The normalized spacial score (nSPS) is 9.63. The van der Waals surface area contributed by atoms with Gasteiger partial charge in [-0.3, -0.25) is 10.1 Å². The van der Waals surface area contributed by atoms with Gasteiger partial charge in [-0.05, 0) is 29.8 Å². The van der Waals surface area contributed by atoms with Crippen LogP contribution in [0.4, 0.5) is 5.69 Å². The number of hydrogen-bond donors (Lipinski definition) is 0. The van der Waals surface area contributed by atoms with E-state index >= 15 is 0 Å². The summed E-state index contributed by atoms with van der Waals surface area (Å²) in [6.07, 6.45) is 0. The Morgan fingerprint density at radius 3 is 2.58 bits per heavy atom. The van der Waals surface area contributed by atoms with E-state index in [0.29, 0.717) is 17.9 Å². The Kier molecular flexibility index (Phi) is 3.74. The number of nitrogens with zero attached hydrogens (tertiary/aromatic N) is 2. The molecule has 0 aliphatic heterocycles. The minimum atomic E-state index is -0.458. The number of benzene rings is 2. The Bertz CT molecular complexity index is 630. The number of nitro benzene ring substituents is 1. The molecule has 94 valence electrons. The van der Waals surface area contributed by atoms with E-state index in [1.807, 2.05) is 6.07 Å². The molecule has 0 radical (unpaired) electrons. The van der Waals surface area contributed by atoms with Gasteiger partial charge in [-0.15, -0.1) is 0 Å². The molecule has 0 aliphatic rings. The molecule has 0 heterocycles. The minimum Gasteiger partial charge on any atom is -0.489 e. The highest BCUT2D eigenvalue weighted by molar-refractivity contribution is 5.36. The molecule has 0 N–H and O–H groups in total. The number of nitriles is 1. The summed E-state index contributed by atoms with van der Waals surface area (Å²) in [6, 6.07) is 15.0. The van der Waals surface area contributed by atoms with Crippen molar-refractivity contribution in [1.82, 2.24) is 0 Å². The third-order valence-electron chi connectivity index (χ3n) is 2.51. The van der Waals surface area contributed by atoms with Crippen LogP contribution >= 0.6 is 0 Å². The predicted molar refractivity (Wildman–Crippen MR) is 68.6 cm³/mol. The summed E-state index contributed by atoms with van der Waals surface area (Å²) in [4.78, 5) is 10.0. The van der Waals surface area contributed by atoms with Crippen molar-refractivity contribution >= 4 is 5.69 Å². The first kappa shape index (κ1) is 12.6. The predicted octanol–water partition coefficient (Wildman–Crippen LogP) is 3.05. The maximum absolute atomic E-state index is 10.5. The van der Waals surface area contributed by atoms with Gasteiger partial charge in [0, 0.05) is 12.1 Å². The number of ether oxygens (including phenoxy) is 1. The topological polar surface area (TPSA) is 76.2 Å². The second-order valence-electron chi connectivity index (χ2n) is 3.85. The Labute approximate surface area is 109 Å². The summed E-state index contributed by atoms with van der Waals surface area (Å²) in [7, 11) is 0. The van der Waals surface area contributed by atoms with Gasteiger partial charge in [-0.1, -0.05) is 12.1 Å². The van der Waals surface area contributed by atoms with E-state index in [1.54, 1.807) is 30.3 Å². The number of nitro groups is 1. The molecule has 0 unspecified atom stereocenters. The number of rotatable bonds is 4. The van der Waals surface area contributed by atoms with Crippen LogP contribution in [-0.4, -0.2) is 4.92 Å². The van der Waals surface area contributed by atoms with Gasteiger partial charge in [0.15, 0.2) is 0 Å². The van der Waals surface area contributed by atoms with Crippen LogP contribution in [0.25, 0.3) is 0 Å². The third-order valence-corrected chi connectivity index (χ3v) is 2.51. The fourth-order valence-corrected chi connectivity index (χ4v) is 1.56. The summed E-state index contributed by atoms with van der Waals surface area (Å²) in [5.41, 5.74) is 1.47. The largest absolute Gasteiger partial charge is 0.489 e. The molecule has 2 rings (SSSR count). The molecule has 0 saturated heterocycles. The smallest absolute Gasteiger partial charge is 0.269 e. The van der Waals surface area contributed by atoms with E-state index in [4.69, 9.17) is 10.00 Å². The maximum Gasteiger partial charge on any atom is 0.269 e. The van der Waals surface area contributed by atoms with Gasteiger partial charge in [0.05, 0.1) is 16.6 Å². The number of non-ortho nitro benzene ring substituents is 1. The molecule has 0 fully saturated rings. The highest BCUT2D eigenvalue weighted by Gasteiger charge is 2.04. The molecule has 5 nitrogen and oxygen atoms in total. The standard InChI is InChI=1S/C14H10N2O3/c15-9-11-2-1-3-12(8-11)10-19-14-6-4-13(5-7-14)16(17)18/h1-8H,10H2. The average molecular weight is 254 g/mol. The molecular formula is C14H10N2O3. The first-order chi connectivity index (χ1) is 9.19. The molecule has 0 aliphatic carbocycles. The van der Waals surface area contributed by atoms with Gasteiger partial charge < -0.3 is 4.74 Å². The molecule has 0 amide bonds. The molecule has 2 aromatic rings. The van der Waals surface area contributed by atoms with Crippen LogP contribution in [-0.2, 0) is 6.61 Å². The molecule has 2 aromatic carbocycles. The van der Waals surface area contributed by atoms with Gasteiger partial charge in [-0.2, -0.15) is 5.26 Å². The van der Waals surface area contributed by atoms with Crippen molar-refractivity contribution in [2.75, 3.05) is 0 Å². The van der Waals surface area contributed by atoms with Gasteiger partial charge in [0.25, 0.3) is 5.69 Å². The van der Waals surface area contributed by atoms with Crippen molar-refractivity contribution in [3.8, 4) is 11.8 Å². The van der Waals surface area contributed by atoms with Crippen molar-refractivity contribution in [1.29, 1.82) is 5.26 Å². The van der Waals surface area contributed by atoms with Crippen molar-refractivity contribution in [3.05, 3.63) is 69.8 Å². The molecule has 0 bridgehead atoms. The van der Waals surface area contributed by atoms with E-state index in [1.165, 1.54) is 12.1 Å². The summed E-state index contributed by atoms with van der Waals surface area (Å²) in [5, 5.41) is 19.3. The fourth-order valence-electron chi connectivity index (χ4n) is 1.56. The highest BCUT2D eigenvalue weighted by atomic mass is 16.6. The first-order valence-corrected chi connectivity index (χ1v) is 5.55. The lowest BCUT2D eigenvalue weighted by atomic mass is 10.1. The van der Waals surface area contributed by atoms with Crippen molar-refractivity contribution in [3.63, 3.8) is 0 Å². The second kappa shape index (κ2) is 5.65. The first-order valence-electron chi connectivity index (χ1n) is 5.55. The lowest BCUT2D eigenvalue weighted by molar-refractivity contribution is -0.384. The van der Waals surface area contributed by atoms with Gasteiger partial charge in [-0.25, -0.2) is 0 Å². The SMILES string of the molecule is N#Cc1cccc(COc2ccc([N+](=O)[O-])cc2)c1. The molecule has 19 heavy (non-hydrogen) atoms. The zero-order chi connectivity index (χ0) is 13.7. The quantitative estimate of drug-likeness (QED) is 0.620. The lowest BCUT2D eigenvalue weighted by Gasteiger charge is -2.06. The van der Waals surface area contributed by atoms with Crippen LogP contribution in [0.3, 0.4) is 0 Å². The van der Waals surface area contributed by atoms with E-state index in [9.17, 15) is 10.1 Å². The van der Waals surface area contributed by atoms with Crippen molar-refractivity contribution < 1.29 is 9.66 Å². The summed E-state index contributed by atoms with van der Waals surface area (Å²) in [5.74, 6) is 0.549. The molecule has 0 spiro atoms. The van der Waals surface area contributed by atoms with Gasteiger partial charge >= 0.3 is 0 Å². The molecule has 0 aromatic heterocycles. The summed E-state index contributed by atoms with van der Waals surface area (Å²) < 4.78 is 5.49. The van der Waals surface area contributed by atoms with Crippen LogP contribution in [0, 0.1) is 21.4 Å². The van der Waals surface area contributed by atoms with E-state index < -0.39 is 4.92 Å². The van der Waals surface area contributed by atoms with Crippen LogP contribution in [0.1, 0.15) is 11.1 Å². The van der Waals surface area contributed by atoms with Crippen LogP contribution in [0.2, 0.25) is 0 Å². The minimum absolute atomic E-state index is 0.0267. The van der Waals surface area contributed by atoms with Crippen LogP contribution in [0.5, 0.6) is 5.75 Å². The maximum atomic E-state index is 10.5. The Morgan fingerprint density at radius 1 is 1.21 bits per heavy atom. The third kappa shape index (κ3) is 3.30. The Morgan fingerprint density at radius 2 is 1.95 bits per heavy atom. The highest BCUT2D eigenvalue weighted by Crippen LogP contribution is 2.18. The Balaban J connectivity index is 2.02. The van der Waals surface area contributed by atoms with E-state index in [2.05, 4.69) is 6.07 Å². The van der Waals surface area contributed by atoms with Gasteiger partial charge in [0.1, 0.15) is 12.4 Å². The molecular weight excluding hydrogens is 244 g/mol. The zero-order valence-electron chi connectivity index (χ0n) is 9.95. The monoisotopic (exact) mass is 254 g/mol. The molecule has 0 saturated carbocycles. The average Bonchev–Trinajstić information content (AvgIpc) is 2.46.